The summed E-state index contributed by atoms with van der Waals surface area (Å²) < 4.78 is 4.93. The number of hydrogen-bond donors (Lipinski definition) is 3. The summed E-state index contributed by atoms with van der Waals surface area (Å²) >= 11 is 0. The van der Waals surface area contributed by atoms with E-state index in [2.05, 4.69) is 15.5 Å². The molecule has 1 amide bonds. The molecule has 138 valence electrons. The van der Waals surface area contributed by atoms with Gasteiger partial charge in [-0.05, 0) is 25.0 Å². The maximum atomic E-state index is 12.0. The standard InChI is InChI=1S/C16H25N3O3.2ClH/c1-22-11-8-17-12-16(21)18-14-4-2-3-5-15(14)19-9-6-13(20)7-10-19;;/h2-5,13,17,20H,6-12H2,1H3,(H,18,21);2*1H. The number of amides is 1. The van der Waals surface area contributed by atoms with Crippen LogP contribution in [-0.2, 0) is 9.53 Å². The number of ether oxygens (including phenoxy) is 1. The molecule has 3 N–H and O–H groups in total. The quantitative estimate of drug-likeness (QED) is 0.628. The largest absolute Gasteiger partial charge is 0.393 e. The highest BCUT2D eigenvalue weighted by Gasteiger charge is 2.19. The lowest BCUT2D eigenvalue weighted by molar-refractivity contribution is -0.115. The van der Waals surface area contributed by atoms with E-state index in [0.717, 1.165) is 37.3 Å². The Kier molecular flexibility index (Phi) is 11.8. The summed E-state index contributed by atoms with van der Waals surface area (Å²) in [5.74, 6) is -0.0689. The van der Waals surface area contributed by atoms with Gasteiger partial charge < -0.3 is 25.4 Å². The highest BCUT2D eigenvalue weighted by molar-refractivity contribution is 5.95. The van der Waals surface area contributed by atoms with E-state index >= 15 is 0 Å². The van der Waals surface area contributed by atoms with Crippen LogP contribution in [0.15, 0.2) is 24.3 Å². The zero-order valence-corrected chi connectivity index (χ0v) is 15.5. The lowest BCUT2D eigenvalue weighted by atomic mass is 10.1. The number of hydrogen-bond acceptors (Lipinski definition) is 5. The molecule has 1 heterocycles. The van der Waals surface area contributed by atoms with Crippen molar-refractivity contribution >= 4 is 42.1 Å². The lowest BCUT2D eigenvalue weighted by Crippen LogP contribution is -2.36. The topological polar surface area (TPSA) is 73.8 Å². The second kappa shape index (κ2) is 12.3. The average Bonchev–Trinajstić information content (AvgIpc) is 2.53. The fourth-order valence-electron chi connectivity index (χ4n) is 2.53. The maximum Gasteiger partial charge on any atom is 0.238 e. The van der Waals surface area contributed by atoms with Crippen molar-refractivity contribution in [2.24, 2.45) is 0 Å². The third kappa shape index (κ3) is 7.23. The minimum Gasteiger partial charge on any atom is -0.393 e. The average molecular weight is 380 g/mol. The van der Waals surface area contributed by atoms with E-state index in [-0.39, 0.29) is 43.4 Å². The molecule has 8 heteroatoms. The molecule has 0 atom stereocenters. The van der Waals surface area contributed by atoms with Crippen LogP contribution in [0.4, 0.5) is 11.4 Å². The molecular formula is C16H27Cl2N3O3. The van der Waals surface area contributed by atoms with Crippen LogP contribution in [0.3, 0.4) is 0 Å². The fourth-order valence-corrected chi connectivity index (χ4v) is 2.53. The molecule has 1 aromatic carbocycles. The Bertz CT molecular complexity index is 483. The van der Waals surface area contributed by atoms with Gasteiger partial charge in [-0.1, -0.05) is 12.1 Å². The summed E-state index contributed by atoms with van der Waals surface area (Å²) in [6.45, 7) is 3.10. The van der Waals surface area contributed by atoms with Crippen LogP contribution in [-0.4, -0.2) is 57.0 Å². The molecule has 0 bridgehead atoms. The summed E-state index contributed by atoms with van der Waals surface area (Å²) in [7, 11) is 1.63. The van der Waals surface area contributed by atoms with Crippen LogP contribution in [0, 0.1) is 0 Å². The van der Waals surface area contributed by atoms with Crippen molar-refractivity contribution < 1.29 is 14.6 Å². The molecule has 1 saturated heterocycles. The monoisotopic (exact) mass is 379 g/mol. The van der Waals surface area contributed by atoms with Crippen LogP contribution in [0.25, 0.3) is 0 Å². The first-order chi connectivity index (χ1) is 10.7. The molecule has 1 aromatic rings. The zero-order valence-electron chi connectivity index (χ0n) is 13.9. The molecule has 24 heavy (non-hydrogen) atoms. The predicted octanol–water partition coefficient (Wildman–Crippen LogP) is 1.67. The minimum atomic E-state index is -0.206. The number of halogens is 2. The van der Waals surface area contributed by atoms with Crippen molar-refractivity contribution in [3.8, 4) is 0 Å². The first-order valence-corrected chi connectivity index (χ1v) is 7.72. The number of benzene rings is 1. The number of carbonyl (C=O) groups is 1. The van der Waals surface area contributed by atoms with E-state index < -0.39 is 0 Å². The second-order valence-corrected chi connectivity index (χ2v) is 5.45. The summed E-state index contributed by atoms with van der Waals surface area (Å²) in [5.41, 5.74) is 1.83. The molecule has 2 rings (SSSR count). The van der Waals surface area contributed by atoms with Crippen LogP contribution >= 0.6 is 24.8 Å². The zero-order chi connectivity index (χ0) is 15.8. The summed E-state index contributed by atoms with van der Waals surface area (Å²) in [4.78, 5) is 14.2. The van der Waals surface area contributed by atoms with Gasteiger partial charge in [-0.3, -0.25) is 4.79 Å². The van der Waals surface area contributed by atoms with Gasteiger partial charge in [0.15, 0.2) is 0 Å². The van der Waals surface area contributed by atoms with Crippen molar-refractivity contribution in [1.82, 2.24) is 5.32 Å². The minimum absolute atomic E-state index is 0. The van der Waals surface area contributed by atoms with Crippen LogP contribution in [0.1, 0.15) is 12.8 Å². The molecule has 1 aliphatic heterocycles. The van der Waals surface area contributed by atoms with Crippen LogP contribution < -0.4 is 15.5 Å². The van der Waals surface area contributed by atoms with E-state index in [1.165, 1.54) is 0 Å². The normalized spacial score (nSPS) is 14.5. The van der Waals surface area contributed by atoms with Crippen molar-refractivity contribution in [3.63, 3.8) is 0 Å². The maximum absolute atomic E-state index is 12.0. The smallest absolute Gasteiger partial charge is 0.238 e. The fraction of sp³-hybridized carbons (Fsp3) is 0.562. The Labute approximate surface area is 155 Å². The molecule has 0 saturated carbocycles. The van der Waals surface area contributed by atoms with Crippen molar-refractivity contribution in [3.05, 3.63) is 24.3 Å². The molecule has 0 unspecified atom stereocenters. The van der Waals surface area contributed by atoms with Crippen molar-refractivity contribution in [2.45, 2.75) is 18.9 Å². The molecule has 0 aliphatic carbocycles. The van der Waals surface area contributed by atoms with Gasteiger partial charge in [-0.2, -0.15) is 0 Å². The number of aliphatic hydroxyl groups is 1. The first-order valence-electron chi connectivity index (χ1n) is 7.72. The number of aliphatic hydroxyl groups excluding tert-OH is 1. The summed E-state index contributed by atoms with van der Waals surface area (Å²) in [5, 5.41) is 15.6. The molecule has 0 radical (unpaired) electrons. The van der Waals surface area contributed by atoms with Crippen LogP contribution in [0.5, 0.6) is 0 Å². The number of rotatable bonds is 7. The van der Waals surface area contributed by atoms with Gasteiger partial charge in [0.05, 0.1) is 30.6 Å². The Morgan fingerprint density at radius 1 is 1.29 bits per heavy atom. The Balaban J connectivity index is 0.00000264. The number of carbonyl (C=O) groups excluding carboxylic acids is 1. The van der Waals surface area contributed by atoms with Gasteiger partial charge in [-0.15, -0.1) is 24.8 Å². The molecule has 1 aliphatic rings. The van der Waals surface area contributed by atoms with Gasteiger partial charge in [0.2, 0.25) is 5.91 Å². The van der Waals surface area contributed by atoms with Gasteiger partial charge >= 0.3 is 0 Å². The Hall–Kier alpha value is -1.05. The molecule has 1 fully saturated rings. The lowest BCUT2D eigenvalue weighted by Gasteiger charge is -2.32. The SMILES string of the molecule is COCCNCC(=O)Nc1ccccc1N1CCC(O)CC1.Cl.Cl. The highest BCUT2D eigenvalue weighted by atomic mass is 35.5. The van der Waals surface area contributed by atoms with Crippen LogP contribution in [0.2, 0.25) is 0 Å². The molecule has 0 spiro atoms. The number of nitrogens with zero attached hydrogens (tertiary/aromatic N) is 1. The first kappa shape index (κ1) is 22.9. The number of methoxy groups -OCH3 is 1. The van der Waals surface area contributed by atoms with Crippen molar-refractivity contribution in [1.29, 1.82) is 0 Å². The van der Waals surface area contributed by atoms with Gasteiger partial charge in [0.1, 0.15) is 0 Å². The Morgan fingerprint density at radius 3 is 2.62 bits per heavy atom. The number of nitrogens with one attached hydrogen (secondary N) is 2. The van der Waals surface area contributed by atoms with E-state index in [1.54, 1.807) is 7.11 Å². The van der Waals surface area contributed by atoms with E-state index in [9.17, 15) is 9.90 Å². The van der Waals surface area contributed by atoms with E-state index in [0.29, 0.717) is 13.2 Å². The van der Waals surface area contributed by atoms with Gasteiger partial charge in [0, 0.05) is 26.7 Å². The van der Waals surface area contributed by atoms with Crippen molar-refractivity contribution in [2.75, 3.05) is 50.1 Å². The van der Waals surface area contributed by atoms with Gasteiger partial charge in [0.25, 0.3) is 0 Å². The van der Waals surface area contributed by atoms with E-state index in [4.69, 9.17) is 4.74 Å². The summed E-state index contributed by atoms with van der Waals surface area (Å²) in [6, 6.07) is 7.79. The number of piperidine rings is 1. The van der Waals surface area contributed by atoms with Gasteiger partial charge in [-0.25, -0.2) is 0 Å². The van der Waals surface area contributed by atoms with E-state index in [1.807, 2.05) is 24.3 Å². The molecular weight excluding hydrogens is 353 g/mol. The highest BCUT2D eigenvalue weighted by Crippen LogP contribution is 2.28. The summed E-state index contributed by atoms with van der Waals surface area (Å²) in [6.07, 6.45) is 1.32. The second-order valence-electron chi connectivity index (χ2n) is 5.45. The molecule has 6 nitrogen and oxygen atoms in total. The third-order valence-corrected chi connectivity index (χ3v) is 3.75. The number of para-hydroxylation sites is 2. The third-order valence-electron chi connectivity index (χ3n) is 3.75. The number of anilines is 2. The predicted molar refractivity (Wildman–Crippen MR) is 102 cm³/mol. The molecule has 0 aromatic heterocycles. The Morgan fingerprint density at radius 2 is 1.96 bits per heavy atom.